The van der Waals surface area contributed by atoms with E-state index in [1.165, 1.54) is 0 Å². The van der Waals surface area contributed by atoms with Gasteiger partial charge in [-0.15, -0.1) is 0 Å². The van der Waals surface area contributed by atoms with E-state index >= 15 is 0 Å². The fraction of sp³-hybridized carbons (Fsp3) is 0.929. The summed E-state index contributed by atoms with van der Waals surface area (Å²) in [5, 5.41) is 0. The topological polar surface area (TPSA) is 30.0 Å². The van der Waals surface area contributed by atoms with Gasteiger partial charge in [-0.05, 0) is 25.7 Å². The minimum atomic E-state index is 0.247. The summed E-state index contributed by atoms with van der Waals surface area (Å²) in [7, 11) is 0. The Morgan fingerprint density at radius 1 is 0.950 bits per heavy atom. The van der Waals surface area contributed by atoms with E-state index < -0.39 is 0 Å². The lowest BCUT2D eigenvalue weighted by Gasteiger charge is -2.34. The van der Waals surface area contributed by atoms with Crippen LogP contribution in [0.1, 0.15) is 13.8 Å². The second-order valence-electron chi connectivity index (χ2n) is 6.70. The van der Waals surface area contributed by atoms with Gasteiger partial charge in [-0.3, -0.25) is 0 Å². The Kier molecular flexibility index (Phi) is 4.15. The van der Waals surface area contributed by atoms with Crippen molar-refractivity contribution in [3.05, 3.63) is 0 Å². The fourth-order valence-corrected chi connectivity index (χ4v) is 3.87. The minimum Gasteiger partial charge on any atom is -0.324 e. The normalized spacial score (nSPS) is 32.2. The minimum absolute atomic E-state index is 0.247. The van der Waals surface area contributed by atoms with Crippen LogP contribution in [0.5, 0.6) is 0 Å². The van der Waals surface area contributed by atoms with Crippen LogP contribution in [0.3, 0.4) is 0 Å². The lowest BCUT2D eigenvalue weighted by molar-refractivity contribution is 0.138. The van der Waals surface area contributed by atoms with Gasteiger partial charge in [-0.2, -0.15) is 0 Å². The number of carbonyl (C=O) groups excluding carboxylic acids is 1. The number of nitrogens with zero attached hydrogens (tertiary/aromatic N) is 4. The van der Waals surface area contributed by atoms with E-state index in [1.807, 2.05) is 9.21 Å². The quantitative estimate of drug-likeness (QED) is 0.728. The molecule has 20 heavy (non-hydrogen) atoms. The molecule has 0 aromatic rings. The average Bonchev–Trinajstić information content (AvgIpc) is 2.96. The molecule has 0 spiro atoms. The maximum atomic E-state index is 12.5. The summed E-state index contributed by atoms with van der Waals surface area (Å²) in [5.74, 6) is 1.38. The summed E-state index contributed by atoms with van der Waals surface area (Å²) in [6.45, 7) is 12.1. The van der Waals surface area contributed by atoms with E-state index in [1.54, 1.807) is 0 Å². The Hall–Kier alpha value is -0.460. The van der Waals surface area contributed by atoms with Gasteiger partial charge in [-0.25, -0.2) is 9.10 Å². The van der Waals surface area contributed by atoms with Crippen molar-refractivity contribution in [1.29, 1.82) is 0 Å². The third-order valence-corrected chi connectivity index (χ3v) is 5.44. The predicted molar refractivity (Wildman–Crippen MR) is 82.8 cm³/mol. The van der Waals surface area contributed by atoms with Gasteiger partial charge >= 0.3 is 6.03 Å². The van der Waals surface area contributed by atoms with Crippen LogP contribution in [0.4, 0.5) is 4.79 Å². The van der Waals surface area contributed by atoms with Crippen LogP contribution in [0.25, 0.3) is 0 Å². The van der Waals surface area contributed by atoms with E-state index in [4.69, 9.17) is 0 Å². The number of amides is 2. The Morgan fingerprint density at radius 3 is 2.00 bits per heavy atom. The number of rotatable bonds is 1. The van der Waals surface area contributed by atoms with Gasteiger partial charge in [0.25, 0.3) is 0 Å². The molecule has 6 heteroatoms. The van der Waals surface area contributed by atoms with Gasteiger partial charge in [0.05, 0.1) is 0 Å². The summed E-state index contributed by atoms with van der Waals surface area (Å²) >= 11 is 4.34. The second-order valence-corrected chi connectivity index (χ2v) is 7.26. The summed E-state index contributed by atoms with van der Waals surface area (Å²) in [4.78, 5) is 19.2. The zero-order chi connectivity index (χ0) is 14.3. The molecule has 0 aliphatic carbocycles. The van der Waals surface area contributed by atoms with Gasteiger partial charge in [0.2, 0.25) is 0 Å². The lowest BCUT2D eigenvalue weighted by Crippen LogP contribution is -2.50. The molecule has 0 aromatic heterocycles. The molecule has 3 fully saturated rings. The zero-order valence-corrected chi connectivity index (χ0v) is 13.4. The van der Waals surface area contributed by atoms with Crippen LogP contribution in [0, 0.1) is 11.8 Å². The molecule has 2 amide bonds. The third kappa shape index (κ3) is 2.78. The maximum absolute atomic E-state index is 12.5. The van der Waals surface area contributed by atoms with Crippen LogP contribution < -0.4 is 0 Å². The summed E-state index contributed by atoms with van der Waals surface area (Å²) < 4.78 is 1.99. The first-order valence-corrected chi connectivity index (χ1v) is 8.16. The van der Waals surface area contributed by atoms with Gasteiger partial charge in [0.1, 0.15) is 0 Å². The van der Waals surface area contributed by atoms with E-state index in [2.05, 4.69) is 36.5 Å². The highest BCUT2D eigenvalue weighted by Crippen LogP contribution is 2.32. The van der Waals surface area contributed by atoms with Crippen LogP contribution in [-0.2, 0) is 0 Å². The molecule has 0 radical (unpaired) electrons. The van der Waals surface area contributed by atoms with Gasteiger partial charge in [0.15, 0.2) is 0 Å². The van der Waals surface area contributed by atoms with Crippen molar-refractivity contribution in [2.75, 3.05) is 52.4 Å². The van der Waals surface area contributed by atoms with Crippen molar-refractivity contribution in [2.24, 2.45) is 11.8 Å². The number of thiol groups is 1. The summed E-state index contributed by atoms with van der Waals surface area (Å²) in [6.07, 6.45) is 0. The number of urea groups is 1. The van der Waals surface area contributed by atoms with Crippen molar-refractivity contribution < 1.29 is 4.79 Å². The Labute approximate surface area is 127 Å². The van der Waals surface area contributed by atoms with Crippen LogP contribution in [0.2, 0.25) is 0 Å². The largest absolute Gasteiger partial charge is 0.324 e. The van der Waals surface area contributed by atoms with Crippen molar-refractivity contribution in [2.45, 2.75) is 19.9 Å². The predicted octanol–water partition coefficient (Wildman–Crippen LogP) is 0.841. The lowest BCUT2D eigenvalue weighted by atomic mass is 10.0. The molecule has 0 saturated carbocycles. The second kappa shape index (κ2) is 5.73. The van der Waals surface area contributed by atoms with Crippen molar-refractivity contribution in [1.82, 2.24) is 19.0 Å². The van der Waals surface area contributed by atoms with Crippen molar-refractivity contribution in [3.63, 3.8) is 0 Å². The monoisotopic (exact) mass is 298 g/mol. The molecular weight excluding hydrogens is 272 g/mol. The molecular formula is C14H26N4OS. The molecule has 3 aliphatic rings. The highest BCUT2D eigenvalue weighted by Gasteiger charge is 2.43. The summed E-state index contributed by atoms with van der Waals surface area (Å²) in [6, 6.07) is 0.880. The molecule has 0 aromatic carbocycles. The molecule has 0 bridgehead atoms. The van der Waals surface area contributed by atoms with Crippen LogP contribution >= 0.6 is 12.8 Å². The van der Waals surface area contributed by atoms with Gasteiger partial charge in [-0.1, -0.05) is 12.8 Å². The highest BCUT2D eigenvalue weighted by molar-refractivity contribution is 7.77. The first-order chi connectivity index (χ1) is 9.54. The van der Waals surface area contributed by atoms with E-state index in [9.17, 15) is 4.79 Å². The van der Waals surface area contributed by atoms with Crippen LogP contribution in [-0.4, -0.2) is 83.4 Å². The molecule has 114 valence electrons. The summed E-state index contributed by atoms with van der Waals surface area (Å²) in [5.41, 5.74) is 0. The molecule has 3 rings (SSSR count). The Balaban J connectivity index is 1.53. The smallest absolute Gasteiger partial charge is 0.320 e. The van der Waals surface area contributed by atoms with E-state index in [-0.39, 0.29) is 6.03 Å². The molecule has 5 nitrogen and oxygen atoms in total. The van der Waals surface area contributed by atoms with E-state index in [0.717, 1.165) is 52.4 Å². The standard InChI is InChI=1S/C14H26N4OS/c1-11(2)16-7-12-9-17(10-13(12)8-16)14(19)15-3-5-18(20)6-4-15/h11-13,20H,3-10H2,1-2H3. The SMILES string of the molecule is CC(C)N1CC2CN(C(=O)N3CCN(S)CC3)CC2C1. The maximum Gasteiger partial charge on any atom is 0.320 e. The number of fused-ring (bicyclic) bond motifs is 1. The average molecular weight is 298 g/mol. The first kappa shape index (κ1) is 14.5. The van der Waals surface area contributed by atoms with E-state index in [0.29, 0.717) is 17.9 Å². The Bertz CT molecular complexity index is 356. The van der Waals surface area contributed by atoms with Crippen molar-refractivity contribution in [3.8, 4) is 0 Å². The molecule has 2 atom stereocenters. The molecule has 2 unspecified atom stereocenters. The molecule has 0 N–H and O–H groups in total. The van der Waals surface area contributed by atoms with Crippen LogP contribution in [0.15, 0.2) is 0 Å². The molecule has 3 heterocycles. The Morgan fingerprint density at radius 2 is 1.50 bits per heavy atom. The molecule has 3 aliphatic heterocycles. The number of carbonyl (C=O) groups is 1. The number of piperazine rings is 1. The number of hydrogen-bond acceptors (Lipinski definition) is 4. The van der Waals surface area contributed by atoms with Gasteiger partial charge < -0.3 is 14.7 Å². The third-order valence-electron chi connectivity index (χ3n) is 5.04. The highest BCUT2D eigenvalue weighted by atomic mass is 32.1. The fourth-order valence-electron chi connectivity index (χ4n) is 3.69. The molecule has 3 saturated heterocycles. The first-order valence-electron chi connectivity index (χ1n) is 7.76. The number of likely N-dealkylation sites (tertiary alicyclic amines) is 2. The van der Waals surface area contributed by atoms with Crippen molar-refractivity contribution >= 4 is 18.8 Å². The van der Waals surface area contributed by atoms with Gasteiger partial charge in [0, 0.05) is 58.4 Å². The zero-order valence-electron chi connectivity index (χ0n) is 12.5. The number of hydrogen-bond donors (Lipinski definition) is 1.